The number of hydrogen-bond donors (Lipinski definition) is 2. The molecule has 6 heteroatoms. The summed E-state index contributed by atoms with van der Waals surface area (Å²) in [5.41, 5.74) is 3.94. The molecule has 6 nitrogen and oxygen atoms in total. The van der Waals surface area contributed by atoms with Gasteiger partial charge in [-0.2, -0.15) is 5.10 Å². The highest BCUT2D eigenvalue weighted by atomic mass is 16.5. The molecule has 0 spiro atoms. The second kappa shape index (κ2) is 7.09. The molecule has 122 valence electrons. The summed E-state index contributed by atoms with van der Waals surface area (Å²) < 4.78 is 5.76. The standard InChI is InChI=1S/C17H22N4O2/c1-5-13-10-15(22)20-16(19-13)21-18-11-12-6-8-14(9-7-12)23-17(2,3)4/h6-11H,5H2,1-4H3,(H2,19,20,21,22)/b18-11-. The number of nitrogens with one attached hydrogen (secondary N) is 2. The molecule has 23 heavy (non-hydrogen) atoms. The average molecular weight is 314 g/mol. The molecule has 1 aromatic heterocycles. The van der Waals surface area contributed by atoms with Crippen molar-refractivity contribution in [2.45, 2.75) is 39.7 Å². The van der Waals surface area contributed by atoms with E-state index >= 15 is 0 Å². The minimum atomic E-state index is -0.223. The predicted octanol–water partition coefficient (Wildman–Crippen LogP) is 2.96. The van der Waals surface area contributed by atoms with Gasteiger partial charge < -0.3 is 4.74 Å². The molecule has 2 aromatic rings. The van der Waals surface area contributed by atoms with Crippen LogP contribution in [0.3, 0.4) is 0 Å². The summed E-state index contributed by atoms with van der Waals surface area (Å²) in [6.07, 6.45) is 2.34. The number of hydrogen-bond acceptors (Lipinski definition) is 5. The van der Waals surface area contributed by atoms with E-state index in [1.807, 2.05) is 52.0 Å². The van der Waals surface area contributed by atoms with Crippen LogP contribution in [0.2, 0.25) is 0 Å². The Kier molecular flexibility index (Phi) is 5.16. The Morgan fingerprint density at radius 2 is 2.00 bits per heavy atom. The van der Waals surface area contributed by atoms with Crippen molar-refractivity contribution in [3.63, 3.8) is 0 Å². The number of aryl methyl sites for hydroxylation is 1. The van der Waals surface area contributed by atoms with Gasteiger partial charge >= 0.3 is 0 Å². The Balaban J connectivity index is 2.01. The molecule has 0 unspecified atom stereocenters. The number of ether oxygens (including phenoxy) is 1. The van der Waals surface area contributed by atoms with Crippen LogP contribution in [0.25, 0.3) is 0 Å². The van der Waals surface area contributed by atoms with Gasteiger partial charge in [0.05, 0.1) is 6.21 Å². The third kappa shape index (κ3) is 5.58. The summed E-state index contributed by atoms with van der Waals surface area (Å²) in [5.74, 6) is 1.14. The third-order valence-corrected chi connectivity index (χ3v) is 2.85. The molecule has 0 fully saturated rings. The lowest BCUT2D eigenvalue weighted by molar-refractivity contribution is 0.131. The van der Waals surface area contributed by atoms with Gasteiger partial charge in [0.25, 0.3) is 5.56 Å². The molecule has 0 radical (unpaired) electrons. The average Bonchev–Trinajstić information content (AvgIpc) is 2.47. The van der Waals surface area contributed by atoms with E-state index in [1.165, 1.54) is 6.07 Å². The molecular formula is C17H22N4O2. The largest absolute Gasteiger partial charge is 0.488 e. The van der Waals surface area contributed by atoms with Crippen LogP contribution in [0, 0.1) is 0 Å². The Morgan fingerprint density at radius 1 is 1.30 bits per heavy atom. The number of benzene rings is 1. The maximum atomic E-state index is 11.5. The number of aromatic amines is 1. The smallest absolute Gasteiger partial charge is 0.252 e. The molecule has 0 amide bonds. The number of aromatic nitrogens is 2. The first-order valence-electron chi connectivity index (χ1n) is 7.54. The van der Waals surface area contributed by atoms with Crippen molar-refractivity contribution in [2.75, 3.05) is 5.43 Å². The highest BCUT2D eigenvalue weighted by Gasteiger charge is 2.11. The normalized spacial score (nSPS) is 11.7. The van der Waals surface area contributed by atoms with Crippen molar-refractivity contribution in [2.24, 2.45) is 5.10 Å². The van der Waals surface area contributed by atoms with Crippen LogP contribution >= 0.6 is 0 Å². The Bertz CT molecular complexity index is 727. The molecule has 1 heterocycles. The van der Waals surface area contributed by atoms with Crippen LogP contribution < -0.4 is 15.7 Å². The molecule has 0 saturated carbocycles. The first kappa shape index (κ1) is 16.7. The third-order valence-electron chi connectivity index (χ3n) is 2.85. The fraction of sp³-hybridized carbons (Fsp3) is 0.353. The second-order valence-corrected chi connectivity index (χ2v) is 6.09. The van der Waals surface area contributed by atoms with E-state index in [2.05, 4.69) is 20.5 Å². The van der Waals surface area contributed by atoms with Crippen LogP contribution in [-0.2, 0) is 6.42 Å². The zero-order chi connectivity index (χ0) is 16.9. The van der Waals surface area contributed by atoms with Gasteiger partial charge in [0.2, 0.25) is 5.95 Å². The zero-order valence-corrected chi connectivity index (χ0v) is 13.9. The minimum Gasteiger partial charge on any atom is -0.488 e. The van der Waals surface area contributed by atoms with Gasteiger partial charge in [-0.15, -0.1) is 0 Å². The molecule has 1 aromatic carbocycles. The van der Waals surface area contributed by atoms with Gasteiger partial charge in [-0.1, -0.05) is 6.92 Å². The summed E-state index contributed by atoms with van der Waals surface area (Å²) in [7, 11) is 0. The van der Waals surface area contributed by atoms with Gasteiger partial charge in [-0.3, -0.25) is 9.78 Å². The van der Waals surface area contributed by atoms with Crippen LogP contribution in [0.4, 0.5) is 5.95 Å². The lowest BCUT2D eigenvalue weighted by Crippen LogP contribution is -2.22. The Labute approximate surface area is 135 Å². The number of hydrazone groups is 1. The summed E-state index contributed by atoms with van der Waals surface area (Å²) in [4.78, 5) is 18.3. The van der Waals surface area contributed by atoms with Crippen LogP contribution in [0.15, 0.2) is 40.2 Å². The molecule has 0 saturated heterocycles. The van der Waals surface area contributed by atoms with Crippen LogP contribution in [0.5, 0.6) is 5.75 Å². The van der Waals surface area contributed by atoms with Crippen molar-refractivity contribution in [1.82, 2.24) is 9.97 Å². The van der Waals surface area contributed by atoms with E-state index < -0.39 is 0 Å². The molecule has 0 atom stereocenters. The maximum Gasteiger partial charge on any atom is 0.252 e. The van der Waals surface area contributed by atoms with E-state index in [1.54, 1.807) is 6.21 Å². The minimum absolute atomic E-state index is 0.196. The van der Waals surface area contributed by atoms with Crippen LogP contribution in [0.1, 0.15) is 39.0 Å². The van der Waals surface area contributed by atoms with E-state index in [0.29, 0.717) is 12.4 Å². The Hall–Kier alpha value is -2.63. The maximum absolute atomic E-state index is 11.5. The second-order valence-electron chi connectivity index (χ2n) is 6.09. The number of rotatable bonds is 5. The molecule has 0 aliphatic heterocycles. The van der Waals surface area contributed by atoms with E-state index in [9.17, 15) is 4.79 Å². The highest BCUT2D eigenvalue weighted by molar-refractivity contribution is 5.80. The fourth-order valence-corrected chi connectivity index (χ4v) is 1.89. The summed E-state index contributed by atoms with van der Waals surface area (Å²) in [6, 6.07) is 9.08. The molecular weight excluding hydrogens is 292 g/mol. The van der Waals surface area contributed by atoms with E-state index in [4.69, 9.17) is 4.74 Å². The molecule has 0 aliphatic carbocycles. The van der Waals surface area contributed by atoms with Crippen molar-refractivity contribution < 1.29 is 4.74 Å². The lowest BCUT2D eigenvalue weighted by atomic mass is 10.2. The van der Waals surface area contributed by atoms with E-state index in [-0.39, 0.29) is 11.2 Å². The number of anilines is 1. The van der Waals surface area contributed by atoms with Gasteiger partial charge in [-0.05, 0) is 57.0 Å². The topological polar surface area (TPSA) is 79.4 Å². The molecule has 0 bridgehead atoms. The molecule has 2 N–H and O–H groups in total. The highest BCUT2D eigenvalue weighted by Crippen LogP contribution is 2.17. The number of H-pyrrole nitrogens is 1. The SMILES string of the molecule is CCc1cc(=O)[nH]c(N/N=C\c2ccc(OC(C)(C)C)cc2)n1. The van der Waals surface area contributed by atoms with Crippen molar-refractivity contribution >= 4 is 12.2 Å². The quantitative estimate of drug-likeness (QED) is 0.657. The molecule has 2 rings (SSSR count). The fourth-order valence-electron chi connectivity index (χ4n) is 1.89. The Morgan fingerprint density at radius 3 is 2.61 bits per heavy atom. The van der Waals surface area contributed by atoms with Crippen molar-refractivity contribution in [3.05, 3.63) is 51.9 Å². The first-order valence-corrected chi connectivity index (χ1v) is 7.54. The van der Waals surface area contributed by atoms with Crippen molar-refractivity contribution in [1.29, 1.82) is 0 Å². The summed E-state index contributed by atoms with van der Waals surface area (Å²) >= 11 is 0. The van der Waals surface area contributed by atoms with Gasteiger partial charge in [-0.25, -0.2) is 10.4 Å². The van der Waals surface area contributed by atoms with Crippen molar-refractivity contribution in [3.8, 4) is 5.75 Å². The van der Waals surface area contributed by atoms with Gasteiger partial charge in [0.1, 0.15) is 11.4 Å². The molecule has 0 aliphatic rings. The predicted molar refractivity (Wildman–Crippen MR) is 92.3 cm³/mol. The first-order chi connectivity index (χ1) is 10.9. The lowest BCUT2D eigenvalue weighted by Gasteiger charge is -2.21. The van der Waals surface area contributed by atoms with Gasteiger partial charge in [0, 0.05) is 11.8 Å². The summed E-state index contributed by atoms with van der Waals surface area (Å²) in [6.45, 7) is 7.95. The van der Waals surface area contributed by atoms with Gasteiger partial charge in [0.15, 0.2) is 0 Å². The zero-order valence-electron chi connectivity index (χ0n) is 13.9. The van der Waals surface area contributed by atoms with E-state index in [0.717, 1.165) is 17.0 Å². The summed E-state index contributed by atoms with van der Waals surface area (Å²) in [5, 5.41) is 4.08. The monoisotopic (exact) mass is 314 g/mol. The number of nitrogens with zero attached hydrogens (tertiary/aromatic N) is 2. The van der Waals surface area contributed by atoms with Crippen LogP contribution in [-0.4, -0.2) is 21.8 Å².